The van der Waals surface area contributed by atoms with Gasteiger partial charge < -0.3 is 19.9 Å². The molecule has 0 bridgehead atoms. The first-order chi connectivity index (χ1) is 14.6. The molecule has 1 aromatic heterocycles. The van der Waals surface area contributed by atoms with Crippen LogP contribution in [0.15, 0.2) is 59.1 Å². The highest BCUT2D eigenvalue weighted by atomic mass is 16.5. The van der Waals surface area contributed by atoms with Crippen molar-refractivity contribution in [3.05, 3.63) is 71.5 Å². The Hall–Kier alpha value is -3.45. The summed E-state index contributed by atoms with van der Waals surface area (Å²) in [5.74, 6) is -0.231. The van der Waals surface area contributed by atoms with Gasteiger partial charge in [0.05, 0.1) is 17.4 Å². The topological polar surface area (TPSA) is 93.5 Å². The Labute approximate surface area is 174 Å². The number of ether oxygens (including phenoxy) is 1. The fourth-order valence-electron chi connectivity index (χ4n) is 3.51. The summed E-state index contributed by atoms with van der Waals surface area (Å²) >= 11 is 0. The zero-order valence-corrected chi connectivity index (χ0v) is 16.7. The number of hydrogen-bond donors (Lipinski definition) is 2. The summed E-state index contributed by atoms with van der Waals surface area (Å²) in [6.07, 6.45) is 1.99. The van der Waals surface area contributed by atoms with Crippen LogP contribution in [0.5, 0.6) is 0 Å². The second-order valence-electron chi connectivity index (χ2n) is 7.17. The standard InChI is InChI=1S/C23H23N3O4/c1-15-20(21(26-30-15)16-8-3-2-4-9-16)23(28)25-19-12-6-5-11-18(19)22(27)24-14-17-10-7-13-29-17/h2-6,8-9,11-12,17H,7,10,13-14H2,1H3,(H,24,27)(H,25,28)/t17-/m1/s1. The smallest absolute Gasteiger partial charge is 0.261 e. The molecule has 0 radical (unpaired) electrons. The van der Waals surface area contributed by atoms with E-state index in [2.05, 4.69) is 15.8 Å². The van der Waals surface area contributed by atoms with E-state index in [4.69, 9.17) is 9.26 Å². The van der Waals surface area contributed by atoms with Gasteiger partial charge in [0.15, 0.2) is 0 Å². The highest BCUT2D eigenvalue weighted by Gasteiger charge is 2.23. The van der Waals surface area contributed by atoms with Crippen LogP contribution in [0.3, 0.4) is 0 Å². The van der Waals surface area contributed by atoms with E-state index in [1.807, 2.05) is 30.3 Å². The van der Waals surface area contributed by atoms with E-state index in [0.29, 0.717) is 34.8 Å². The normalized spacial score (nSPS) is 15.7. The molecule has 0 saturated carbocycles. The van der Waals surface area contributed by atoms with Gasteiger partial charge in [-0.2, -0.15) is 0 Å². The molecule has 0 aliphatic carbocycles. The second-order valence-corrected chi connectivity index (χ2v) is 7.17. The minimum absolute atomic E-state index is 0.0452. The Bertz CT molecular complexity index is 1040. The van der Waals surface area contributed by atoms with Crippen molar-refractivity contribution in [2.45, 2.75) is 25.9 Å². The van der Waals surface area contributed by atoms with E-state index in [-0.39, 0.29) is 17.9 Å². The maximum absolute atomic E-state index is 13.1. The third-order valence-electron chi connectivity index (χ3n) is 5.07. The number of carbonyl (C=O) groups excluding carboxylic acids is 2. The molecule has 7 heteroatoms. The molecule has 7 nitrogen and oxygen atoms in total. The Balaban J connectivity index is 1.53. The van der Waals surface area contributed by atoms with Crippen LogP contribution in [0.1, 0.15) is 39.3 Å². The molecule has 0 spiro atoms. The predicted octanol–water partition coefficient (Wildman–Crippen LogP) is 3.81. The lowest BCUT2D eigenvalue weighted by Crippen LogP contribution is -2.32. The molecule has 2 amide bonds. The second kappa shape index (κ2) is 8.92. The maximum atomic E-state index is 13.1. The quantitative estimate of drug-likeness (QED) is 0.650. The first-order valence-corrected chi connectivity index (χ1v) is 9.95. The summed E-state index contributed by atoms with van der Waals surface area (Å²) in [7, 11) is 0. The summed E-state index contributed by atoms with van der Waals surface area (Å²) in [6.45, 7) is 2.87. The molecule has 1 aliphatic heterocycles. The summed E-state index contributed by atoms with van der Waals surface area (Å²) in [5, 5.41) is 9.78. The van der Waals surface area contributed by atoms with Crippen LogP contribution >= 0.6 is 0 Å². The van der Waals surface area contributed by atoms with E-state index in [1.54, 1.807) is 31.2 Å². The van der Waals surface area contributed by atoms with Gasteiger partial charge in [-0.25, -0.2) is 0 Å². The summed E-state index contributed by atoms with van der Waals surface area (Å²) in [6, 6.07) is 16.3. The molecule has 3 aromatic rings. The number of anilines is 1. The monoisotopic (exact) mass is 405 g/mol. The van der Waals surface area contributed by atoms with Gasteiger partial charge in [-0.15, -0.1) is 0 Å². The molecule has 1 fully saturated rings. The molecule has 2 N–H and O–H groups in total. The minimum atomic E-state index is -0.382. The number of para-hydroxylation sites is 1. The van der Waals surface area contributed by atoms with E-state index in [9.17, 15) is 9.59 Å². The number of hydrogen-bond acceptors (Lipinski definition) is 5. The van der Waals surface area contributed by atoms with Crippen molar-refractivity contribution in [2.75, 3.05) is 18.5 Å². The molecule has 4 rings (SSSR count). The van der Waals surface area contributed by atoms with Crippen LogP contribution in [0.2, 0.25) is 0 Å². The number of aryl methyl sites for hydroxylation is 1. The number of nitrogens with one attached hydrogen (secondary N) is 2. The van der Waals surface area contributed by atoms with Crippen molar-refractivity contribution in [1.82, 2.24) is 10.5 Å². The van der Waals surface area contributed by atoms with Crippen molar-refractivity contribution in [1.29, 1.82) is 0 Å². The van der Waals surface area contributed by atoms with Crippen molar-refractivity contribution in [3.63, 3.8) is 0 Å². The van der Waals surface area contributed by atoms with Gasteiger partial charge in [0, 0.05) is 18.7 Å². The fourth-order valence-corrected chi connectivity index (χ4v) is 3.51. The first kappa shape index (κ1) is 19.8. The molecule has 1 atom stereocenters. The van der Waals surface area contributed by atoms with Crippen molar-refractivity contribution in [2.24, 2.45) is 0 Å². The zero-order valence-electron chi connectivity index (χ0n) is 16.7. The van der Waals surface area contributed by atoms with Crippen LogP contribution in [0.4, 0.5) is 5.69 Å². The summed E-state index contributed by atoms with van der Waals surface area (Å²) in [5.41, 5.74) is 2.40. The largest absolute Gasteiger partial charge is 0.376 e. The highest BCUT2D eigenvalue weighted by Crippen LogP contribution is 2.26. The lowest BCUT2D eigenvalue weighted by molar-refractivity contribution is 0.0858. The molecule has 2 heterocycles. The molecule has 1 aliphatic rings. The first-order valence-electron chi connectivity index (χ1n) is 9.95. The van der Waals surface area contributed by atoms with Gasteiger partial charge in [-0.05, 0) is 31.9 Å². The Morgan fingerprint density at radius 1 is 1.07 bits per heavy atom. The molecule has 154 valence electrons. The van der Waals surface area contributed by atoms with Crippen LogP contribution in [0, 0.1) is 6.92 Å². The number of rotatable bonds is 6. The lowest BCUT2D eigenvalue weighted by atomic mass is 10.1. The SMILES string of the molecule is Cc1onc(-c2ccccc2)c1C(=O)Nc1ccccc1C(=O)NC[C@H]1CCCO1. The lowest BCUT2D eigenvalue weighted by Gasteiger charge is -2.14. The molecule has 2 aromatic carbocycles. The number of nitrogens with zero attached hydrogens (tertiary/aromatic N) is 1. The third-order valence-corrected chi connectivity index (χ3v) is 5.07. The van der Waals surface area contributed by atoms with Gasteiger partial charge in [0.1, 0.15) is 17.0 Å². The number of amides is 2. The van der Waals surface area contributed by atoms with E-state index in [1.165, 1.54) is 0 Å². The Kier molecular flexibility index (Phi) is 5.90. The van der Waals surface area contributed by atoms with Gasteiger partial charge in [0.2, 0.25) is 0 Å². The zero-order chi connectivity index (χ0) is 20.9. The van der Waals surface area contributed by atoms with E-state index in [0.717, 1.165) is 25.0 Å². The van der Waals surface area contributed by atoms with E-state index >= 15 is 0 Å². The van der Waals surface area contributed by atoms with Gasteiger partial charge in [-0.3, -0.25) is 9.59 Å². The molecule has 0 unspecified atom stereocenters. The Morgan fingerprint density at radius 3 is 2.60 bits per heavy atom. The van der Waals surface area contributed by atoms with Gasteiger partial charge >= 0.3 is 0 Å². The van der Waals surface area contributed by atoms with Crippen LogP contribution in [-0.2, 0) is 4.74 Å². The van der Waals surface area contributed by atoms with Gasteiger partial charge in [-0.1, -0.05) is 47.6 Å². The fraction of sp³-hybridized carbons (Fsp3) is 0.261. The Morgan fingerprint density at radius 2 is 1.83 bits per heavy atom. The molecular weight excluding hydrogens is 382 g/mol. The minimum Gasteiger partial charge on any atom is -0.376 e. The average Bonchev–Trinajstić information content (AvgIpc) is 3.42. The number of benzene rings is 2. The summed E-state index contributed by atoms with van der Waals surface area (Å²) in [4.78, 5) is 25.8. The molecule has 30 heavy (non-hydrogen) atoms. The predicted molar refractivity (Wildman–Crippen MR) is 112 cm³/mol. The number of carbonyl (C=O) groups is 2. The molecular formula is C23H23N3O4. The average molecular weight is 405 g/mol. The van der Waals surface area contributed by atoms with Crippen LogP contribution in [0.25, 0.3) is 11.3 Å². The molecule has 1 saturated heterocycles. The maximum Gasteiger partial charge on any atom is 0.261 e. The van der Waals surface area contributed by atoms with Crippen molar-refractivity contribution >= 4 is 17.5 Å². The third kappa shape index (κ3) is 4.26. The summed E-state index contributed by atoms with van der Waals surface area (Å²) < 4.78 is 10.8. The number of aromatic nitrogens is 1. The van der Waals surface area contributed by atoms with Crippen molar-refractivity contribution < 1.29 is 18.8 Å². The van der Waals surface area contributed by atoms with Crippen LogP contribution < -0.4 is 10.6 Å². The van der Waals surface area contributed by atoms with Gasteiger partial charge in [0.25, 0.3) is 11.8 Å². The van der Waals surface area contributed by atoms with Crippen molar-refractivity contribution in [3.8, 4) is 11.3 Å². The highest BCUT2D eigenvalue weighted by molar-refractivity contribution is 6.11. The van der Waals surface area contributed by atoms with Crippen LogP contribution in [-0.4, -0.2) is 36.2 Å². The van der Waals surface area contributed by atoms with E-state index < -0.39 is 0 Å².